The molecule has 0 saturated heterocycles. The van der Waals surface area contributed by atoms with Gasteiger partial charge in [-0.3, -0.25) is 0 Å². The zero-order valence-corrected chi connectivity index (χ0v) is 15.9. The van der Waals surface area contributed by atoms with Crippen LogP contribution in [0, 0.1) is 0 Å². The van der Waals surface area contributed by atoms with Crippen LogP contribution in [0.25, 0.3) is 16.7 Å². The van der Waals surface area contributed by atoms with Crippen molar-refractivity contribution < 1.29 is 17.9 Å². The third-order valence-corrected chi connectivity index (χ3v) is 3.69. The summed E-state index contributed by atoms with van der Waals surface area (Å²) >= 11 is 0. The molecule has 2 aromatic carbocycles. The largest absolute Gasteiger partial charge is 0.573 e. The summed E-state index contributed by atoms with van der Waals surface area (Å²) in [5, 5.41) is 0. The van der Waals surface area contributed by atoms with E-state index in [0.717, 1.165) is 5.56 Å². The Kier molecular flexibility index (Phi) is 8.60. The molecule has 0 heterocycles. The van der Waals surface area contributed by atoms with E-state index >= 15 is 0 Å². The molecule has 0 atom stereocenters. The van der Waals surface area contributed by atoms with Gasteiger partial charge in [-0.1, -0.05) is 82.5 Å². The zero-order chi connectivity index (χ0) is 20.4. The highest BCUT2D eigenvalue weighted by atomic mass is 19.4. The molecular weight excluding hydrogens is 349 g/mol. The van der Waals surface area contributed by atoms with Crippen molar-refractivity contribution in [3.8, 4) is 16.9 Å². The molecule has 2 rings (SSSR count). The third-order valence-electron chi connectivity index (χ3n) is 3.69. The van der Waals surface area contributed by atoms with Crippen molar-refractivity contribution in [3.63, 3.8) is 0 Å². The van der Waals surface area contributed by atoms with Crippen LogP contribution in [0.5, 0.6) is 5.75 Å². The average Bonchev–Trinajstić information content (AvgIpc) is 2.67. The SMILES string of the molecule is C=C/C=C(\C=C)c1cc(CC)cc(-c2ccccc2)c1OC(F)(F)F.CC. The molecule has 27 heavy (non-hydrogen) atoms. The van der Waals surface area contributed by atoms with Gasteiger partial charge in [-0.05, 0) is 35.3 Å². The summed E-state index contributed by atoms with van der Waals surface area (Å²) in [5.41, 5.74) is 2.80. The van der Waals surface area contributed by atoms with Crippen LogP contribution in [-0.4, -0.2) is 6.36 Å². The van der Waals surface area contributed by atoms with Gasteiger partial charge in [0.25, 0.3) is 0 Å². The van der Waals surface area contributed by atoms with E-state index in [-0.39, 0.29) is 5.75 Å². The van der Waals surface area contributed by atoms with Crippen molar-refractivity contribution in [3.05, 3.63) is 85.0 Å². The smallest absolute Gasteiger partial charge is 0.404 e. The van der Waals surface area contributed by atoms with E-state index < -0.39 is 6.36 Å². The molecule has 0 unspecified atom stereocenters. The monoisotopic (exact) mass is 374 g/mol. The fraction of sp³-hybridized carbons (Fsp3) is 0.217. The van der Waals surface area contributed by atoms with Gasteiger partial charge in [0.2, 0.25) is 0 Å². The molecule has 0 spiro atoms. The Bertz CT molecular complexity index is 787. The maximum absolute atomic E-state index is 13.1. The first-order chi connectivity index (χ1) is 12.9. The van der Waals surface area contributed by atoms with Crippen LogP contribution in [0.1, 0.15) is 31.9 Å². The number of aryl methyl sites for hydroxylation is 1. The van der Waals surface area contributed by atoms with Gasteiger partial charge >= 0.3 is 6.36 Å². The molecule has 0 N–H and O–H groups in total. The Morgan fingerprint density at radius 1 is 1.07 bits per heavy atom. The molecule has 0 bridgehead atoms. The highest BCUT2D eigenvalue weighted by molar-refractivity contribution is 5.85. The molecular formula is C23H25F3O. The molecule has 144 valence electrons. The minimum absolute atomic E-state index is 0.232. The Morgan fingerprint density at radius 2 is 1.70 bits per heavy atom. The van der Waals surface area contributed by atoms with Gasteiger partial charge in [-0.2, -0.15) is 0 Å². The van der Waals surface area contributed by atoms with E-state index in [1.54, 1.807) is 42.5 Å². The fourth-order valence-corrected chi connectivity index (χ4v) is 2.56. The summed E-state index contributed by atoms with van der Waals surface area (Å²) in [4.78, 5) is 0. The number of rotatable bonds is 6. The van der Waals surface area contributed by atoms with E-state index in [1.807, 2.05) is 26.8 Å². The Balaban J connectivity index is 0.00000176. The Labute approximate surface area is 159 Å². The second-order valence-electron chi connectivity index (χ2n) is 5.35. The van der Waals surface area contributed by atoms with Crippen LogP contribution in [0.15, 0.2) is 73.9 Å². The maximum Gasteiger partial charge on any atom is 0.573 e. The lowest BCUT2D eigenvalue weighted by Gasteiger charge is -2.19. The molecule has 0 saturated carbocycles. The first-order valence-corrected chi connectivity index (χ1v) is 8.83. The van der Waals surface area contributed by atoms with Gasteiger partial charge in [0.05, 0.1) is 0 Å². The van der Waals surface area contributed by atoms with Crippen molar-refractivity contribution in [1.82, 2.24) is 0 Å². The zero-order valence-electron chi connectivity index (χ0n) is 15.9. The van der Waals surface area contributed by atoms with Gasteiger partial charge in [0, 0.05) is 11.1 Å². The normalized spacial score (nSPS) is 11.3. The molecule has 4 heteroatoms. The minimum Gasteiger partial charge on any atom is -0.404 e. The highest BCUT2D eigenvalue weighted by Crippen LogP contribution is 2.41. The number of halogens is 3. The van der Waals surface area contributed by atoms with Gasteiger partial charge in [0.1, 0.15) is 5.75 Å². The lowest BCUT2D eigenvalue weighted by molar-refractivity contribution is -0.274. The van der Waals surface area contributed by atoms with E-state index in [0.29, 0.717) is 28.7 Å². The summed E-state index contributed by atoms with van der Waals surface area (Å²) in [5.74, 6) is -0.232. The average molecular weight is 374 g/mol. The lowest BCUT2D eigenvalue weighted by Crippen LogP contribution is -2.19. The summed E-state index contributed by atoms with van der Waals surface area (Å²) < 4.78 is 43.6. The predicted molar refractivity (Wildman–Crippen MR) is 108 cm³/mol. The van der Waals surface area contributed by atoms with E-state index in [2.05, 4.69) is 17.9 Å². The van der Waals surface area contributed by atoms with Crippen molar-refractivity contribution in [2.75, 3.05) is 0 Å². The molecule has 0 fully saturated rings. The highest BCUT2D eigenvalue weighted by Gasteiger charge is 2.34. The van der Waals surface area contributed by atoms with Gasteiger partial charge < -0.3 is 4.74 Å². The maximum atomic E-state index is 13.1. The Hall–Kier alpha value is -2.75. The van der Waals surface area contributed by atoms with Crippen LogP contribution < -0.4 is 4.74 Å². The van der Waals surface area contributed by atoms with Crippen LogP contribution in [0.4, 0.5) is 13.2 Å². The summed E-state index contributed by atoms with van der Waals surface area (Å²) in [6.45, 7) is 13.3. The molecule has 0 radical (unpaired) electrons. The number of benzene rings is 2. The number of hydrogen-bond acceptors (Lipinski definition) is 1. The molecule has 0 aliphatic heterocycles. The van der Waals surface area contributed by atoms with E-state index in [9.17, 15) is 13.2 Å². The first-order valence-electron chi connectivity index (χ1n) is 8.83. The van der Waals surface area contributed by atoms with Gasteiger partial charge in [-0.25, -0.2) is 0 Å². The van der Waals surface area contributed by atoms with Crippen LogP contribution in [0.3, 0.4) is 0 Å². The quantitative estimate of drug-likeness (QED) is 0.473. The number of hydrogen-bond donors (Lipinski definition) is 0. The topological polar surface area (TPSA) is 9.23 Å². The molecule has 0 amide bonds. The van der Waals surface area contributed by atoms with Crippen LogP contribution in [-0.2, 0) is 6.42 Å². The lowest BCUT2D eigenvalue weighted by atomic mass is 9.93. The second kappa shape index (κ2) is 10.4. The van der Waals surface area contributed by atoms with E-state index in [4.69, 9.17) is 0 Å². The molecule has 2 aromatic rings. The van der Waals surface area contributed by atoms with Crippen molar-refractivity contribution in [2.45, 2.75) is 33.6 Å². The standard InChI is InChI=1S/C21H19F3O.C2H6/c1-4-10-16(6-3)18-13-15(5-2)14-19(17-11-8-7-9-12-17)20(18)25-21(22,23)24;1-2/h4,6-14H,1,3,5H2,2H3;1-2H3/b16-10+;. The number of allylic oxidation sites excluding steroid dienone is 4. The fourth-order valence-electron chi connectivity index (χ4n) is 2.56. The third kappa shape index (κ3) is 6.17. The Morgan fingerprint density at radius 3 is 2.19 bits per heavy atom. The van der Waals surface area contributed by atoms with Gasteiger partial charge in [-0.15, -0.1) is 13.2 Å². The van der Waals surface area contributed by atoms with Crippen molar-refractivity contribution in [1.29, 1.82) is 0 Å². The van der Waals surface area contributed by atoms with Crippen LogP contribution in [0.2, 0.25) is 0 Å². The summed E-state index contributed by atoms with van der Waals surface area (Å²) in [7, 11) is 0. The summed E-state index contributed by atoms with van der Waals surface area (Å²) in [6.07, 6.45) is 0.494. The van der Waals surface area contributed by atoms with Crippen molar-refractivity contribution >= 4 is 5.57 Å². The summed E-state index contributed by atoms with van der Waals surface area (Å²) in [6, 6.07) is 12.3. The first kappa shape index (κ1) is 22.3. The van der Waals surface area contributed by atoms with Crippen LogP contribution >= 0.6 is 0 Å². The molecule has 0 aliphatic rings. The number of ether oxygens (including phenoxy) is 1. The molecule has 0 aliphatic carbocycles. The molecule has 0 aromatic heterocycles. The minimum atomic E-state index is -4.80. The predicted octanol–water partition coefficient (Wildman–Crippen LogP) is 7.60. The number of alkyl halides is 3. The van der Waals surface area contributed by atoms with Gasteiger partial charge in [0.15, 0.2) is 0 Å². The van der Waals surface area contributed by atoms with E-state index in [1.165, 1.54) is 12.2 Å². The van der Waals surface area contributed by atoms with Crippen molar-refractivity contribution in [2.24, 2.45) is 0 Å². The second-order valence-corrected chi connectivity index (χ2v) is 5.35. The molecule has 1 nitrogen and oxygen atoms in total.